The van der Waals surface area contributed by atoms with Crippen LogP contribution < -0.4 is 4.74 Å². The maximum atomic E-state index is 5.93. The second-order valence-electron chi connectivity index (χ2n) is 7.48. The lowest BCUT2D eigenvalue weighted by molar-refractivity contribution is 0.181. The van der Waals surface area contributed by atoms with Gasteiger partial charge >= 0.3 is 0 Å². The van der Waals surface area contributed by atoms with Gasteiger partial charge in [0.25, 0.3) is 0 Å². The average molecular weight is 422 g/mol. The van der Waals surface area contributed by atoms with Gasteiger partial charge in [0.15, 0.2) is 5.65 Å². The molecule has 0 saturated carbocycles. The fraction of sp³-hybridized carbons (Fsp3) is 0.111. The van der Waals surface area contributed by atoms with Crippen molar-refractivity contribution in [2.24, 2.45) is 0 Å². The van der Waals surface area contributed by atoms with E-state index in [1.807, 2.05) is 65.3 Å². The Morgan fingerprint density at radius 1 is 0.750 bits per heavy atom. The Labute approximate surface area is 186 Å². The van der Waals surface area contributed by atoms with Gasteiger partial charge < -0.3 is 9.47 Å². The molecule has 0 bridgehead atoms. The van der Waals surface area contributed by atoms with Crippen molar-refractivity contribution in [3.05, 3.63) is 108 Å². The van der Waals surface area contributed by atoms with E-state index in [9.17, 15) is 0 Å². The summed E-state index contributed by atoms with van der Waals surface area (Å²) in [6, 6.07) is 30.4. The van der Waals surface area contributed by atoms with Gasteiger partial charge in [-0.15, -0.1) is 0 Å². The molecule has 0 saturated heterocycles. The van der Waals surface area contributed by atoms with Crippen LogP contribution in [0.1, 0.15) is 11.3 Å². The van der Waals surface area contributed by atoms with Gasteiger partial charge in [0.1, 0.15) is 12.4 Å². The molecule has 5 aromatic rings. The van der Waals surface area contributed by atoms with Crippen LogP contribution in [0.4, 0.5) is 0 Å². The predicted octanol–water partition coefficient (Wildman–Crippen LogP) is 5.79. The second kappa shape index (κ2) is 9.04. The summed E-state index contributed by atoms with van der Waals surface area (Å²) in [5.41, 5.74) is 6.88. The van der Waals surface area contributed by atoms with Crippen LogP contribution in [0.2, 0.25) is 0 Å². The molecule has 5 heteroatoms. The molecule has 0 aliphatic rings. The van der Waals surface area contributed by atoms with E-state index in [1.165, 1.54) is 0 Å². The highest BCUT2D eigenvalue weighted by atomic mass is 16.5. The third kappa shape index (κ3) is 3.98. The van der Waals surface area contributed by atoms with Crippen LogP contribution in [0.15, 0.2) is 97.2 Å². The molecule has 5 rings (SSSR count). The van der Waals surface area contributed by atoms with Crippen LogP contribution in [0, 0.1) is 0 Å². The Balaban J connectivity index is 1.49. The molecular weight excluding hydrogens is 398 g/mol. The quantitative estimate of drug-likeness (QED) is 0.334. The summed E-state index contributed by atoms with van der Waals surface area (Å²) >= 11 is 0. The average Bonchev–Trinajstić information content (AvgIpc) is 3.23. The zero-order valence-corrected chi connectivity index (χ0v) is 17.8. The van der Waals surface area contributed by atoms with Crippen LogP contribution in [0.25, 0.3) is 28.0 Å². The predicted molar refractivity (Wildman–Crippen MR) is 125 cm³/mol. The normalized spacial score (nSPS) is 11.0. The molecule has 3 aromatic carbocycles. The van der Waals surface area contributed by atoms with Crippen LogP contribution in [-0.4, -0.2) is 21.7 Å². The van der Waals surface area contributed by atoms with Gasteiger partial charge in [0.05, 0.1) is 23.6 Å². The molecule has 5 nitrogen and oxygen atoms in total. The number of ether oxygens (including phenoxy) is 2. The lowest BCUT2D eigenvalue weighted by atomic mass is 10.1. The first kappa shape index (κ1) is 20.0. The third-order valence-electron chi connectivity index (χ3n) is 5.33. The molecule has 0 fully saturated rings. The molecular formula is C27H23N3O2. The van der Waals surface area contributed by atoms with Crippen molar-refractivity contribution < 1.29 is 9.47 Å². The largest absolute Gasteiger partial charge is 0.489 e. The maximum Gasteiger partial charge on any atom is 0.163 e. The molecule has 158 valence electrons. The molecule has 2 aromatic heterocycles. The van der Waals surface area contributed by atoms with Gasteiger partial charge in [-0.25, -0.2) is 9.50 Å². The van der Waals surface area contributed by atoms with E-state index in [0.717, 1.165) is 45.0 Å². The van der Waals surface area contributed by atoms with Crippen molar-refractivity contribution in [2.45, 2.75) is 13.2 Å². The molecule has 0 aliphatic heterocycles. The Hall–Kier alpha value is -3.96. The Bertz CT molecular complexity index is 1310. The summed E-state index contributed by atoms with van der Waals surface area (Å²) in [5.74, 6) is 0.827. The van der Waals surface area contributed by atoms with Crippen LogP contribution in [-0.2, 0) is 18.0 Å². The highest BCUT2D eigenvalue weighted by Gasteiger charge is 2.18. The topological polar surface area (TPSA) is 48.7 Å². The van der Waals surface area contributed by atoms with Crippen molar-refractivity contribution in [1.29, 1.82) is 0 Å². The summed E-state index contributed by atoms with van der Waals surface area (Å²) < 4.78 is 13.3. The minimum atomic E-state index is 0.416. The first-order valence-electron chi connectivity index (χ1n) is 10.5. The zero-order chi connectivity index (χ0) is 21.8. The first-order chi connectivity index (χ1) is 15.8. The Kier molecular flexibility index (Phi) is 5.64. The number of benzene rings is 3. The van der Waals surface area contributed by atoms with Gasteiger partial charge in [-0.3, -0.25) is 0 Å². The maximum absolute atomic E-state index is 5.93. The monoisotopic (exact) mass is 421 g/mol. The van der Waals surface area contributed by atoms with E-state index < -0.39 is 0 Å². The molecule has 0 unspecified atom stereocenters. The second-order valence-corrected chi connectivity index (χ2v) is 7.48. The molecule has 0 radical (unpaired) electrons. The van der Waals surface area contributed by atoms with Crippen molar-refractivity contribution in [2.75, 3.05) is 7.11 Å². The first-order valence-corrected chi connectivity index (χ1v) is 10.5. The van der Waals surface area contributed by atoms with Gasteiger partial charge in [0.2, 0.25) is 0 Å². The molecule has 0 atom stereocenters. The minimum Gasteiger partial charge on any atom is -0.489 e. The van der Waals surface area contributed by atoms with Gasteiger partial charge in [-0.05, 0) is 41.5 Å². The number of hydrogen-bond acceptors (Lipinski definition) is 4. The third-order valence-corrected chi connectivity index (χ3v) is 5.33. The van der Waals surface area contributed by atoms with Crippen LogP contribution >= 0.6 is 0 Å². The summed E-state index contributed by atoms with van der Waals surface area (Å²) in [5, 5.41) is 4.85. The number of rotatable bonds is 7. The van der Waals surface area contributed by atoms with E-state index in [0.29, 0.717) is 13.2 Å². The van der Waals surface area contributed by atoms with Gasteiger partial charge in [-0.2, -0.15) is 5.10 Å². The summed E-state index contributed by atoms with van der Waals surface area (Å²) in [4.78, 5) is 4.65. The molecule has 2 heterocycles. The Morgan fingerprint density at radius 2 is 1.47 bits per heavy atom. The van der Waals surface area contributed by atoms with Crippen LogP contribution in [0.3, 0.4) is 0 Å². The SMILES string of the molecule is COCc1nn2c(-c3ccc(OCc4ccccc4)cc3)ccnc2c1-c1ccccc1. The van der Waals surface area contributed by atoms with E-state index in [2.05, 4.69) is 41.4 Å². The van der Waals surface area contributed by atoms with E-state index >= 15 is 0 Å². The molecule has 0 aliphatic carbocycles. The lowest BCUT2D eigenvalue weighted by Gasteiger charge is -2.09. The summed E-state index contributed by atoms with van der Waals surface area (Å²) in [6.45, 7) is 0.957. The van der Waals surface area contributed by atoms with Crippen LogP contribution in [0.5, 0.6) is 5.75 Å². The molecule has 0 spiro atoms. The van der Waals surface area contributed by atoms with Crippen molar-refractivity contribution in [3.8, 4) is 28.1 Å². The number of aromatic nitrogens is 3. The van der Waals surface area contributed by atoms with Crippen molar-refractivity contribution in [3.63, 3.8) is 0 Å². The number of methoxy groups -OCH3 is 1. The lowest BCUT2D eigenvalue weighted by Crippen LogP contribution is -1.97. The molecule has 32 heavy (non-hydrogen) atoms. The van der Waals surface area contributed by atoms with Crippen molar-refractivity contribution >= 4 is 5.65 Å². The van der Waals surface area contributed by atoms with Crippen molar-refractivity contribution in [1.82, 2.24) is 14.6 Å². The smallest absolute Gasteiger partial charge is 0.163 e. The standard InChI is InChI=1S/C27H23N3O2/c1-31-19-24-26(22-10-6-3-7-11-22)27-28-17-16-25(30(27)29-24)21-12-14-23(15-13-21)32-18-20-8-4-2-5-9-20/h2-17H,18-19H2,1H3. The highest BCUT2D eigenvalue weighted by Crippen LogP contribution is 2.31. The van der Waals surface area contributed by atoms with Gasteiger partial charge in [-0.1, -0.05) is 60.7 Å². The summed E-state index contributed by atoms with van der Waals surface area (Å²) in [7, 11) is 1.68. The van der Waals surface area contributed by atoms with E-state index in [-0.39, 0.29) is 0 Å². The fourth-order valence-electron chi connectivity index (χ4n) is 3.81. The zero-order valence-electron chi connectivity index (χ0n) is 17.8. The summed E-state index contributed by atoms with van der Waals surface area (Å²) in [6.07, 6.45) is 1.83. The van der Waals surface area contributed by atoms with E-state index in [1.54, 1.807) is 7.11 Å². The van der Waals surface area contributed by atoms with E-state index in [4.69, 9.17) is 14.6 Å². The minimum absolute atomic E-state index is 0.416. The highest BCUT2D eigenvalue weighted by molar-refractivity contribution is 5.81. The number of fused-ring (bicyclic) bond motifs is 1. The fourth-order valence-corrected chi connectivity index (χ4v) is 3.81. The Morgan fingerprint density at radius 3 is 2.19 bits per heavy atom. The molecule has 0 amide bonds. The number of nitrogens with zero attached hydrogens (tertiary/aromatic N) is 3. The molecule has 0 N–H and O–H groups in total. The number of hydrogen-bond donors (Lipinski definition) is 0. The van der Waals surface area contributed by atoms with Gasteiger partial charge in [0, 0.05) is 18.9 Å².